The number of likely N-dealkylation sites (N-methyl/N-ethyl adjacent to an activating group) is 1. The molecule has 0 unspecified atom stereocenters. The summed E-state index contributed by atoms with van der Waals surface area (Å²) in [5, 5.41) is 8.45. The molecule has 0 bridgehead atoms. The third-order valence-electron chi connectivity index (χ3n) is 2.63. The number of benzene rings is 1. The third-order valence-corrected chi connectivity index (χ3v) is 2.63. The van der Waals surface area contributed by atoms with Crippen LogP contribution in [0.3, 0.4) is 0 Å². The first-order valence-corrected chi connectivity index (χ1v) is 6.81. The van der Waals surface area contributed by atoms with Crippen LogP contribution in [0.2, 0.25) is 0 Å². The molecular formula is C15H23N3O2. The van der Waals surface area contributed by atoms with Gasteiger partial charge in [-0.15, -0.1) is 0 Å². The second-order valence-electron chi connectivity index (χ2n) is 5.15. The fraction of sp³-hybridized carbons (Fsp3) is 0.467. The maximum Gasteiger partial charge on any atom is 0.234 e. The maximum atomic E-state index is 11.7. The molecule has 0 aliphatic rings. The summed E-state index contributed by atoms with van der Waals surface area (Å²) >= 11 is 0. The van der Waals surface area contributed by atoms with Crippen molar-refractivity contribution in [3.8, 4) is 0 Å². The van der Waals surface area contributed by atoms with E-state index in [1.54, 1.807) is 7.05 Å². The van der Waals surface area contributed by atoms with Crippen LogP contribution in [0.1, 0.15) is 25.8 Å². The Morgan fingerprint density at radius 3 is 2.60 bits per heavy atom. The van der Waals surface area contributed by atoms with Crippen molar-refractivity contribution in [3.05, 3.63) is 29.8 Å². The van der Waals surface area contributed by atoms with Gasteiger partial charge in [-0.1, -0.05) is 26.0 Å². The van der Waals surface area contributed by atoms with Crippen molar-refractivity contribution in [2.24, 2.45) is 5.92 Å². The second-order valence-corrected chi connectivity index (χ2v) is 5.15. The molecule has 5 heteroatoms. The number of rotatable bonds is 7. The lowest BCUT2D eigenvalue weighted by Crippen LogP contribution is -2.31. The van der Waals surface area contributed by atoms with Gasteiger partial charge in [-0.05, 0) is 30.7 Å². The number of carbonyl (C=O) groups excluding carboxylic acids is 2. The molecule has 0 radical (unpaired) electrons. The van der Waals surface area contributed by atoms with Crippen molar-refractivity contribution in [1.29, 1.82) is 0 Å². The predicted octanol–water partition coefficient (Wildman–Crippen LogP) is 1.51. The molecule has 0 saturated carbocycles. The molecule has 0 saturated heterocycles. The summed E-state index contributed by atoms with van der Waals surface area (Å²) in [6.07, 6.45) is 0.503. The molecule has 1 rings (SSSR count). The first-order valence-electron chi connectivity index (χ1n) is 6.81. The Morgan fingerprint density at radius 1 is 1.20 bits per heavy atom. The van der Waals surface area contributed by atoms with Crippen molar-refractivity contribution in [1.82, 2.24) is 10.6 Å². The van der Waals surface area contributed by atoms with Gasteiger partial charge in [0, 0.05) is 18.7 Å². The fourth-order valence-electron chi connectivity index (χ4n) is 1.77. The minimum Gasteiger partial charge on any atom is -0.351 e. The van der Waals surface area contributed by atoms with E-state index in [2.05, 4.69) is 16.0 Å². The Morgan fingerprint density at radius 2 is 1.95 bits per heavy atom. The molecule has 0 atom stereocenters. The van der Waals surface area contributed by atoms with E-state index in [9.17, 15) is 9.59 Å². The highest BCUT2D eigenvalue weighted by molar-refractivity contribution is 5.90. The monoisotopic (exact) mass is 277 g/mol. The van der Waals surface area contributed by atoms with E-state index < -0.39 is 0 Å². The van der Waals surface area contributed by atoms with Gasteiger partial charge >= 0.3 is 0 Å². The highest BCUT2D eigenvalue weighted by Gasteiger charge is 2.06. The van der Waals surface area contributed by atoms with Crippen molar-refractivity contribution in [2.45, 2.75) is 26.8 Å². The summed E-state index contributed by atoms with van der Waals surface area (Å²) in [5.41, 5.74) is 1.72. The molecule has 110 valence electrons. The predicted molar refractivity (Wildman–Crippen MR) is 80.3 cm³/mol. The summed E-state index contributed by atoms with van der Waals surface area (Å²) in [6, 6.07) is 7.50. The Labute approximate surface area is 120 Å². The molecule has 2 amide bonds. The average Bonchev–Trinajstić information content (AvgIpc) is 2.36. The van der Waals surface area contributed by atoms with Crippen LogP contribution in [0.5, 0.6) is 0 Å². The molecule has 5 nitrogen and oxygen atoms in total. The highest BCUT2D eigenvalue weighted by atomic mass is 16.2. The molecule has 0 aromatic heterocycles. The summed E-state index contributed by atoms with van der Waals surface area (Å²) in [5.74, 6) is 0.289. The normalized spacial score (nSPS) is 10.4. The Balaban J connectivity index is 2.53. The summed E-state index contributed by atoms with van der Waals surface area (Å²) < 4.78 is 0. The molecule has 0 aliphatic heterocycles. The van der Waals surface area contributed by atoms with E-state index in [1.165, 1.54) is 0 Å². The standard InChI is InChI=1S/C15H23N3O2/c1-11(2)7-14(19)18-13-6-4-5-12(8-13)9-17-15(20)10-16-3/h4-6,8,11,16H,7,9-10H2,1-3H3,(H,17,20)(H,18,19). The zero-order valence-electron chi connectivity index (χ0n) is 12.3. The lowest BCUT2D eigenvalue weighted by atomic mass is 10.1. The van der Waals surface area contributed by atoms with Crippen LogP contribution in [0.25, 0.3) is 0 Å². The van der Waals surface area contributed by atoms with Crippen LogP contribution in [0.15, 0.2) is 24.3 Å². The first kappa shape index (κ1) is 16.2. The van der Waals surface area contributed by atoms with Crippen LogP contribution >= 0.6 is 0 Å². The lowest BCUT2D eigenvalue weighted by molar-refractivity contribution is -0.120. The Kier molecular flexibility index (Phi) is 6.73. The molecular weight excluding hydrogens is 254 g/mol. The lowest BCUT2D eigenvalue weighted by Gasteiger charge is -2.09. The average molecular weight is 277 g/mol. The van der Waals surface area contributed by atoms with Gasteiger partial charge in [-0.3, -0.25) is 9.59 Å². The summed E-state index contributed by atoms with van der Waals surface area (Å²) in [7, 11) is 1.73. The quantitative estimate of drug-likeness (QED) is 0.707. The van der Waals surface area contributed by atoms with Gasteiger partial charge < -0.3 is 16.0 Å². The number of hydrogen-bond acceptors (Lipinski definition) is 3. The zero-order valence-corrected chi connectivity index (χ0v) is 12.3. The molecule has 3 N–H and O–H groups in total. The molecule has 1 aromatic carbocycles. The fourth-order valence-corrected chi connectivity index (χ4v) is 1.77. The molecule has 0 aliphatic carbocycles. The van der Waals surface area contributed by atoms with Gasteiger partial charge in [-0.2, -0.15) is 0 Å². The third kappa shape index (κ3) is 6.33. The van der Waals surface area contributed by atoms with E-state index in [-0.39, 0.29) is 11.8 Å². The largest absolute Gasteiger partial charge is 0.351 e. The van der Waals surface area contributed by atoms with Crippen molar-refractivity contribution >= 4 is 17.5 Å². The smallest absolute Gasteiger partial charge is 0.234 e. The van der Waals surface area contributed by atoms with Gasteiger partial charge in [0.2, 0.25) is 11.8 Å². The van der Waals surface area contributed by atoms with E-state index in [0.717, 1.165) is 11.3 Å². The van der Waals surface area contributed by atoms with Crippen LogP contribution < -0.4 is 16.0 Å². The number of carbonyl (C=O) groups is 2. The van der Waals surface area contributed by atoms with E-state index in [0.29, 0.717) is 25.4 Å². The summed E-state index contributed by atoms with van der Waals surface area (Å²) in [6.45, 7) is 4.76. The minimum absolute atomic E-state index is 0.0105. The molecule has 0 fully saturated rings. The van der Waals surface area contributed by atoms with Crippen LogP contribution in [-0.2, 0) is 16.1 Å². The Hall–Kier alpha value is -1.88. The van der Waals surface area contributed by atoms with Crippen LogP contribution in [0, 0.1) is 5.92 Å². The zero-order chi connectivity index (χ0) is 15.0. The van der Waals surface area contributed by atoms with Crippen molar-refractivity contribution < 1.29 is 9.59 Å². The van der Waals surface area contributed by atoms with Gasteiger partial charge in [0.15, 0.2) is 0 Å². The molecule has 0 heterocycles. The molecule has 20 heavy (non-hydrogen) atoms. The highest BCUT2D eigenvalue weighted by Crippen LogP contribution is 2.12. The SMILES string of the molecule is CNCC(=O)NCc1cccc(NC(=O)CC(C)C)c1. The Bertz CT molecular complexity index is 458. The van der Waals surface area contributed by atoms with Crippen LogP contribution in [0.4, 0.5) is 5.69 Å². The maximum absolute atomic E-state index is 11.7. The van der Waals surface area contributed by atoms with Crippen LogP contribution in [-0.4, -0.2) is 25.4 Å². The van der Waals surface area contributed by atoms with Crippen molar-refractivity contribution in [3.63, 3.8) is 0 Å². The van der Waals surface area contributed by atoms with E-state index in [4.69, 9.17) is 0 Å². The topological polar surface area (TPSA) is 70.2 Å². The number of amides is 2. The first-order chi connectivity index (χ1) is 9.51. The van der Waals surface area contributed by atoms with Gasteiger partial charge in [0.25, 0.3) is 0 Å². The summed E-state index contributed by atoms with van der Waals surface area (Å²) in [4.78, 5) is 23.1. The minimum atomic E-state index is -0.0539. The van der Waals surface area contributed by atoms with Gasteiger partial charge in [0.05, 0.1) is 6.54 Å². The van der Waals surface area contributed by atoms with Gasteiger partial charge in [-0.25, -0.2) is 0 Å². The van der Waals surface area contributed by atoms with Gasteiger partial charge in [0.1, 0.15) is 0 Å². The van der Waals surface area contributed by atoms with Crippen molar-refractivity contribution in [2.75, 3.05) is 18.9 Å². The molecule has 1 aromatic rings. The second kappa shape index (κ2) is 8.32. The van der Waals surface area contributed by atoms with E-state index in [1.807, 2.05) is 38.1 Å². The number of nitrogens with one attached hydrogen (secondary N) is 3. The molecule has 0 spiro atoms. The number of hydrogen-bond donors (Lipinski definition) is 3. The van der Waals surface area contributed by atoms with E-state index >= 15 is 0 Å². The number of anilines is 1.